The average Bonchev–Trinajstić information content (AvgIpc) is 2.65. The zero-order chi connectivity index (χ0) is 19.9. The van der Waals surface area contributed by atoms with Gasteiger partial charge in [-0.05, 0) is 55.0 Å². The van der Waals surface area contributed by atoms with Crippen LogP contribution in [0.4, 0.5) is 0 Å². The predicted octanol–water partition coefficient (Wildman–Crippen LogP) is 3.40. The standard InChI is InChI=1S/C21H20O5S/c1-4-14-26-20-13-7-16(15-21(20)25-5-2)6-12-19(22)17-8-10-18(11-9-17)27(3,23)24/h1,6-13,15H,5,14H2,2-3H3/b12-6+. The molecule has 6 heteroatoms. The van der Waals surface area contributed by atoms with Gasteiger partial charge in [0.1, 0.15) is 6.61 Å². The number of hydrogen-bond acceptors (Lipinski definition) is 5. The van der Waals surface area contributed by atoms with E-state index in [1.54, 1.807) is 24.3 Å². The van der Waals surface area contributed by atoms with Crippen molar-refractivity contribution in [2.75, 3.05) is 19.5 Å². The first-order valence-corrected chi connectivity index (χ1v) is 10.1. The topological polar surface area (TPSA) is 69.7 Å². The second kappa shape index (κ2) is 9.06. The molecule has 0 aliphatic carbocycles. The van der Waals surface area contributed by atoms with E-state index in [4.69, 9.17) is 15.9 Å². The lowest BCUT2D eigenvalue weighted by Crippen LogP contribution is -2.00. The van der Waals surface area contributed by atoms with Crippen LogP contribution < -0.4 is 9.47 Å². The second-order valence-electron chi connectivity index (χ2n) is 5.63. The fourth-order valence-corrected chi connectivity index (χ4v) is 2.90. The van der Waals surface area contributed by atoms with Crippen LogP contribution in [-0.4, -0.2) is 33.7 Å². The second-order valence-corrected chi connectivity index (χ2v) is 7.64. The molecular weight excluding hydrogens is 364 g/mol. The summed E-state index contributed by atoms with van der Waals surface area (Å²) >= 11 is 0. The van der Waals surface area contributed by atoms with Crippen LogP contribution in [0, 0.1) is 12.3 Å². The summed E-state index contributed by atoms with van der Waals surface area (Å²) in [6.07, 6.45) is 9.40. The minimum absolute atomic E-state index is 0.136. The van der Waals surface area contributed by atoms with Gasteiger partial charge in [0.2, 0.25) is 0 Å². The molecule has 5 nitrogen and oxygen atoms in total. The number of carbonyl (C=O) groups is 1. The van der Waals surface area contributed by atoms with Gasteiger partial charge in [0.25, 0.3) is 0 Å². The van der Waals surface area contributed by atoms with Gasteiger partial charge in [-0.2, -0.15) is 0 Å². The number of rotatable bonds is 8. The van der Waals surface area contributed by atoms with Gasteiger partial charge in [-0.25, -0.2) is 8.42 Å². The molecule has 140 valence electrons. The van der Waals surface area contributed by atoms with Crippen LogP contribution in [0.25, 0.3) is 6.08 Å². The Hall–Kier alpha value is -3.04. The Balaban J connectivity index is 2.17. The molecule has 2 aromatic rings. The fourth-order valence-electron chi connectivity index (χ4n) is 2.27. The Morgan fingerprint density at radius 1 is 1.11 bits per heavy atom. The smallest absolute Gasteiger partial charge is 0.185 e. The summed E-state index contributed by atoms with van der Waals surface area (Å²) in [6.45, 7) is 2.46. The number of carbonyl (C=O) groups excluding carboxylic acids is 1. The van der Waals surface area contributed by atoms with Crippen molar-refractivity contribution in [1.82, 2.24) is 0 Å². The number of ketones is 1. The molecule has 0 amide bonds. The average molecular weight is 384 g/mol. The zero-order valence-electron chi connectivity index (χ0n) is 15.1. The molecule has 0 aliphatic rings. The molecular formula is C21H20O5S. The molecule has 0 saturated heterocycles. The van der Waals surface area contributed by atoms with E-state index in [9.17, 15) is 13.2 Å². The highest BCUT2D eigenvalue weighted by Crippen LogP contribution is 2.29. The van der Waals surface area contributed by atoms with E-state index < -0.39 is 9.84 Å². The molecule has 0 aromatic heterocycles. The molecule has 0 unspecified atom stereocenters. The Kier molecular flexibility index (Phi) is 6.80. The van der Waals surface area contributed by atoms with Crippen molar-refractivity contribution in [3.8, 4) is 23.8 Å². The predicted molar refractivity (Wildman–Crippen MR) is 105 cm³/mol. The first-order chi connectivity index (χ1) is 12.8. The first-order valence-electron chi connectivity index (χ1n) is 8.20. The minimum atomic E-state index is -3.29. The molecule has 0 bridgehead atoms. The molecule has 0 aliphatic heterocycles. The van der Waals surface area contributed by atoms with E-state index in [1.807, 2.05) is 6.92 Å². The molecule has 0 radical (unpaired) electrons. The quantitative estimate of drug-likeness (QED) is 0.396. The molecule has 27 heavy (non-hydrogen) atoms. The Morgan fingerprint density at radius 3 is 2.41 bits per heavy atom. The molecule has 0 heterocycles. The SMILES string of the molecule is C#CCOc1ccc(/C=C/C(=O)c2ccc(S(C)(=O)=O)cc2)cc1OCC. The summed E-state index contributed by atoms with van der Waals surface area (Å²) in [5.74, 6) is 3.24. The highest BCUT2D eigenvalue weighted by molar-refractivity contribution is 7.90. The van der Waals surface area contributed by atoms with E-state index in [1.165, 1.54) is 30.3 Å². The summed E-state index contributed by atoms with van der Waals surface area (Å²) < 4.78 is 33.9. The van der Waals surface area contributed by atoms with Crippen molar-refractivity contribution in [2.24, 2.45) is 0 Å². The number of ether oxygens (including phenoxy) is 2. The van der Waals surface area contributed by atoms with Crippen molar-refractivity contribution in [3.63, 3.8) is 0 Å². The van der Waals surface area contributed by atoms with Crippen molar-refractivity contribution in [3.05, 3.63) is 59.7 Å². The van der Waals surface area contributed by atoms with Gasteiger partial charge in [0, 0.05) is 11.8 Å². The summed E-state index contributed by atoms with van der Waals surface area (Å²) in [5.41, 5.74) is 1.16. The van der Waals surface area contributed by atoms with Gasteiger partial charge >= 0.3 is 0 Å². The van der Waals surface area contributed by atoms with Crippen molar-refractivity contribution < 1.29 is 22.7 Å². The molecule has 0 N–H and O–H groups in total. The van der Waals surface area contributed by atoms with Gasteiger partial charge in [-0.15, -0.1) is 6.42 Å². The van der Waals surface area contributed by atoms with Gasteiger partial charge in [-0.3, -0.25) is 4.79 Å². The third-order valence-corrected chi connectivity index (χ3v) is 4.70. The van der Waals surface area contributed by atoms with Gasteiger partial charge in [-0.1, -0.05) is 18.1 Å². The number of hydrogen-bond donors (Lipinski definition) is 0. The van der Waals surface area contributed by atoms with Gasteiger partial charge in [0.15, 0.2) is 27.1 Å². The van der Waals surface area contributed by atoms with Crippen LogP contribution in [0.15, 0.2) is 53.4 Å². The number of terminal acetylenes is 1. The molecule has 0 spiro atoms. The highest BCUT2D eigenvalue weighted by atomic mass is 32.2. The van der Waals surface area contributed by atoms with Crippen LogP contribution in [-0.2, 0) is 9.84 Å². The normalized spacial score (nSPS) is 11.1. The third kappa shape index (κ3) is 5.73. The number of benzene rings is 2. The van der Waals surface area contributed by atoms with E-state index in [2.05, 4.69) is 5.92 Å². The van der Waals surface area contributed by atoms with E-state index in [0.29, 0.717) is 23.7 Å². The summed E-state index contributed by atoms with van der Waals surface area (Å²) in [5, 5.41) is 0. The van der Waals surface area contributed by atoms with Crippen molar-refractivity contribution >= 4 is 21.7 Å². The highest BCUT2D eigenvalue weighted by Gasteiger charge is 2.09. The van der Waals surface area contributed by atoms with Crippen LogP contribution in [0.3, 0.4) is 0 Å². The molecule has 2 aromatic carbocycles. The lowest BCUT2D eigenvalue weighted by Gasteiger charge is -2.10. The maximum atomic E-state index is 12.3. The van der Waals surface area contributed by atoms with Crippen LogP contribution in [0.2, 0.25) is 0 Å². The molecule has 0 atom stereocenters. The van der Waals surface area contributed by atoms with Gasteiger partial charge in [0.05, 0.1) is 11.5 Å². The monoisotopic (exact) mass is 384 g/mol. The van der Waals surface area contributed by atoms with Crippen molar-refractivity contribution in [2.45, 2.75) is 11.8 Å². The molecule has 2 rings (SSSR count). The van der Waals surface area contributed by atoms with Crippen LogP contribution in [0.1, 0.15) is 22.8 Å². The summed E-state index contributed by atoms with van der Waals surface area (Å²) in [4.78, 5) is 12.5. The molecule has 0 saturated carbocycles. The minimum Gasteiger partial charge on any atom is -0.490 e. The van der Waals surface area contributed by atoms with Crippen LogP contribution >= 0.6 is 0 Å². The fraction of sp³-hybridized carbons (Fsp3) is 0.190. The Bertz CT molecular complexity index is 980. The lowest BCUT2D eigenvalue weighted by atomic mass is 10.1. The first kappa shape index (κ1) is 20.3. The Labute approximate surface area is 159 Å². The Morgan fingerprint density at radius 2 is 1.81 bits per heavy atom. The third-order valence-electron chi connectivity index (χ3n) is 3.57. The van der Waals surface area contributed by atoms with E-state index in [0.717, 1.165) is 11.8 Å². The summed E-state index contributed by atoms with van der Waals surface area (Å²) in [7, 11) is -3.29. The van der Waals surface area contributed by atoms with E-state index in [-0.39, 0.29) is 17.3 Å². The maximum Gasteiger partial charge on any atom is 0.185 e. The largest absolute Gasteiger partial charge is 0.490 e. The van der Waals surface area contributed by atoms with E-state index >= 15 is 0 Å². The lowest BCUT2D eigenvalue weighted by molar-refractivity contribution is 0.104. The summed E-state index contributed by atoms with van der Waals surface area (Å²) in [6, 6.07) is 11.1. The number of allylic oxidation sites excluding steroid dienone is 1. The van der Waals surface area contributed by atoms with Gasteiger partial charge < -0.3 is 9.47 Å². The molecule has 0 fully saturated rings. The maximum absolute atomic E-state index is 12.3. The number of sulfone groups is 1. The van der Waals surface area contributed by atoms with Crippen LogP contribution in [0.5, 0.6) is 11.5 Å². The van der Waals surface area contributed by atoms with Crippen molar-refractivity contribution in [1.29, 1.82) is 0 Å². The zero-order valence-corrected chi connectivity index (χ0v) is 16.0.